The van der Waals surface area contributed by atoms with E-state index >= 15 is 0 Å². The summed E-state index contributed by atoms with van der Waals surface area (Å²) in [4.78, 5) is 10.6. The summed E-state index contributed by atoms with van der Waals surface area (Å²) < 4.78 is 6.55. The molecule has 0 spiro atoms. The van der Waals surface area contributed by atoms with Gasteiger partial charge in [-0.3, -0.25) is 0 Å². The van der Waals surface area contributed by atoms with Crippen molar-refractivity contribution in [1.82, 2.24) is 9.78 Å². The smallest absolute Gasteiger partial charge is 0.339 e. The van der Waals surface area contributed by atoms with Crippen LogP contribution < -0.4 is 0 Å². The van der Waals surface area contributed by atoms with Gasteiger partial charge in [-0.15, -0.1) is 0 Å². The van der Waals surface area contributed by atoms with Crippen LogP contribution in [0.25, 0.3) is 0 Å². The largest absolute Gasteiger partial charge is 0.478 e. The number of aromatic carboxylic acids is 1. The fourth-order valence-corrected chi connectivity index (χ4v) is 0.979. The van der Waals surface area contributed by atoms with Gasteiger partial charge in [0.25, 0.3) is 0 Å². The monoisotopic (exact) mass is 184 g/mol. The van der Waals surface area contributed by atoms with Crippen molar-refractivity contribution in [2.45, 2.75) is 20.6 Å². The molecule has 5 nitrogen and oxygen atoms in total. The Morgan fingerprint density at radius 2 is 2.46 bits per heavy atom. The highest BCUT2D eigenvalue weighted by molar-refractivity contribution is 5.88. The van der Waals surface area contributed by atoms with Crippen molar-refractivity contribution in [1.29, 1.82) is 0 Å². The summed E-state index contributed by atoms with van der Waals surface area (Å²) in [6.45, 7) is 4.41. The molecular weight excluding hydrogens is 172 g/mol. The number of carboxylic acid groups (broad SMARTS) is 1. The fourth-order valence-electron chi connectivity index (χ4n) is 0.979. The maximum absolute atomic E-state index is 10.6. The number of carboxylic acids is 1. The molecule has 0 saturated carbocycles. The van der Waals surface area contributed by atoms with Gasteiger partial charge in [-0.1, -0.05) is 0 Å². The van der Waals surface area contributed by atoms with Crippen molar-refractivity contribution in [2.75, 3.05) is 6.61 Å². The maximum Gasteiger partial charge on any atom is 0.339 e. The van der Waals surface area contributed by atoms with Crippen LogP contribution in [0.1, 0.15) is 23.0 Å². The van der Waals surface area contributed by atoms with Gasteiger partial charge in [0.1, 0.15) is 12.3 Å². The Morgan fingerprint density at radius 1 is 1.77 bits per heavy atom. The molecule has 13 heavy (non-hydrogen) atoms. The van der Waals surface area contributed by atoms with Crippen LogP contribution in [0.5, 0.6) is 0 Å². The van der Waals surface area contributed by atoms with Crippen LogP contribution in [0.4, 0.5) is 0 Å². The average Bonchev–Trinajstić information content (AvgIpc) is 2.43. The molecule has 0 aliphatic carbocycles. The third-order valence-electron chi connectivity index (χ3n) is 1.60. The van der Waals surface area contributed by atoms with Crippen LogP contribution in [-0.2, 0) is 11.5 Å². The van der Waals surface area contributed by atoms with Crippen LogP contribution in [0.2, 0.25) is 0 Å². The Morgan fingerprint density at radius 3 is 2.92 bits per heavy atom. The van der Waals surface area contributed by atoms with Crippen LogP contribution in [-0.4, -0.2) is 27.5 Å². The van der Waals surface area contributed by atoms with Crippen molar-refractivity contribution >= 4 is 5.97 Å². The topological polar surface area (TPSA) is 64.3 Å². The van der Waals surface area contributed by atoms with Crippen LogP contribution >= 0.6 is 0 Å². The molecule has 0 bridgehead atoms. The van der Waals surface area contributed by atoms with E-state index < -0.39 is 5.97 Å². The van der Waals surface area contributed by atoms with E-state index in [1.165, 1.54) is 10.9 Å². The van der Waals surface area contributed by atoms with E-state index in [1.807, 2.05) is 6.92 Å². The predicted molar refractivity (Wildman–Crippen MR) is 45.5 cm³/mol. The number of hydrogen-bond acceptors (Lipinski definition) is 3. The van der Waals surface area contributed by atoms with E-state index in [4.69, 9.17) is 9.84 Å². The Kier molecular flexibility index (Phi) is 3.02. The van der Waals surface area contributed by atoms with Gasteiger partial charge in [-0.05, 0) is 13.8 Å². The molecule has 0 saturated heterocycles. The Hall–Kier alpha value is -1.36. The zero-order valence-corrected chi connectivity index (χ0v) is 7.65. The first-order valence-corrected chi connectivity index (χ1v) is 4.00. The van der Waals surface area contributed by atoms with E-state index in [0.29, 0.717) is 19.0 Å². The van der Waals surface area contributed by atoms with Gasteiger partial charge in [0.2, 0.25) is 0 Å². The quantitative estimate of drug-likeness (QED) is 0.754. The molecule has 5 heteroatoms. The van der Waals surface area contributed by atoms with Crippen LogP contribution in [0.3, 0.4) is 0 Å². The fraction of sp³-hybridized carbons (Fsp3) is 0.500. The van der Waals surface area contributed by atoms with E-state index in [1.54, 1.807) is 6.92 Å². The van der Waals surface area contributed by atoms with Crippen molar-refractivity contribution in [2.24, 2.45) is 0 Å². The van der Waals surface area contributed by atoms with Gasteiger partial charge in [-0.25, -0.2) is 9.48 Å². The molecule has 0 aliphatic rings. The number of aryl methyl sites for hydroxylation is 1. The molecular formula is C8H12N2O3. The van der Waals surface area contributed by atoms with Crippen molar-refractivity contribution in [3.05, 3.63) is 17.5 Å². The second-order valence-electron chi connectivity index (χ2n) is 2.59. The predicted octanol–water partition coefficient (Wildman–Crippen LogP) is 0.884. The molecule has 0 fully saturated rings. The lowest BCUT2D eigenvalue weighted by atomic mass is 10.3. The highest BCUT2D eigenvalue weighted by Crippen LogP contribution is 2.04. The number of hydrogen-bond donors (Lipinski definition) is 1. The Labute approximate surface area is 75.9 Å². The molecule has 1 aromatic heterocycles. The Bertz CT molecular complexity index is 306. The Balaban J connectivity index is 2.76. The van der Waals surface area contributed by atoms with Crippen molar-refractivity contribution < 1.29 is 14.6 Å². The number of ether oxygens (including phenoxy) is 1. The van der Waals surface area contributed by atoms with E-state index in [2.05, 4.69) is 5.10 Å². The van der Waals surface area contributed by atoms with Crippen molar-refractivity contribution in [3.8, 4) is 0 Å². The molecule has 1 heterocycles. The normalized spacial score (nSPS) is 10.3. The van der Waals surface area contributed by atoms with E-state index in [9.17, 15) is 4.79 Å². The van der Waals surface area contributed by atoms with Gasteiger partial charge in [-0.2, -0.15) is 5.10 Å². The summed E-state index contributed by atoms with van der Waals surface area (Å²) in [5, 5.41) is 12.7. The molecule has 0 atom stereocenters. The summed E-state index contributed by atoms with van der Waals surface area (Å²) in [5.74, 6) is -0.958. The summed E-state index contributed by atoms with van der Waals surface area (Å²) in [6, 6.07) is 0. The molecule has 1 N–H and O–H groups in total. The highest BCUT2D eigenvalue weighted by atomic mass is 16.5. The zero-order valence-electron chi connectivity index (χ0n) is 7.65. The third kappa shape index (κ3) is 2.29. The van der Waals surface area contributed by atoms with Crippen molar-refractivity contribution in [3.63, 3.8) is 0 Å². The van der Waals surface area contributed by atoms with Gasteiger partial charge in [0.05, 0.1) is 5.69 Å². The second kappa shape index (κ2) is 4.04. The molecule has 0 aromatic carbocycles. The number of nitrogens with zero attached hydrogens (tertiary/aromatic N) is 2. The SMILES string of the molecule is CCOCn1cc(C(=O)O)c(C)n1. The van der Waals surface area contributed by atoms with Gasteiger partial charge in [0, 0.05) is 12.8 Å². The number of carbonyl (C=O) groups is 1. The molecule has 1 aromatic rings. The highest BCUT2D eigenvalue weighted by Gasteiger charge is 2.10. The number of aromatic nitrogens is 2. The third-order valence-corrected chi connectivity index (χ3v) is 1.60. The summed E-state index contributed by atoms with van der Waals surface area (Å²) in [6.07, 6.45) is 1.47. The minimum absolute atomic E-state index is 0.222. The zero-order chi connectivity index (χ0) is 9.84. The first-order valence-electron chi connectivity index (χ1n) is 4.00. The average molecular weight is 184 g/mol. The lowest BCUT2D eigenvalue weighted by molar-refractivity contribution is 0.0693. The summed E-state index contributed by atoms with van der Waals surface area (Å²) in [7, 11) is 0. The first kappa shape index (κ1) is 9.73. The molecule has 1 rings (SSSR count). The van der Waals surface area contributed by atoms with E-state index in [0.717, 1.165) is 0 Å². The molecule has 0 unspecified atom stereocenters. The molecule has 0 aliphatic heterocycles. The van der Waals surface area contributed by atoms with Crippen LogP contribution in [0, 0.1) is 6.92 Å². The van der Waals surface area contributed by atoms with Gasteiger partial charge in [0.15, 0.2) is 0 Å². The number of rotatable bonds is 4. The minimum atomic E-state index is -0.958. The summed E-state index contributed by atoms with van der Waals surface area (Å²) >= 11 is 0. The first-order chi connectivity index (χ1) is 6.15. The van der Waals surface area contributed by atoms with Crippen LogP contribution in [0.15, 0.2) is 6.20 Å². The molecule has 0 radical (unpaired) electrons. The van der Waals surface area contributed by atoms with E-state index in [-0.39, 0.29) is 5.56 Å². The standard InChI is InChI=1S/C8H12N2O3/c1-3-13-5-10-4-7(8(11)12)6(2)9-10/h4H,3,5H2,1-2H3,(H,11,12). The van der Waals surface area contributed by atoms with Gasteiger partial charge < -0.3 is 9.84 Å². The summed E-state index contributed by atoms with van der Waals surface area (Å²) in [5.41, 5.74) is 0.729. The lowest BCUT2D eigenvalue weighted by Gasteiger charge is -1.98. The lowest BCUT2D eigenvalue weighted by Crippen LogP contribution is -2.02. The van der Waals surface area contributed by atoms with Gasteiger partial charge >= 0.3 is 5.97 Å². The molecule has 0 amide bonds. The maximum atomic E-state index is 10.6. The second-order valence-corrected chi connectivity index (χ2v) is 2.59. The molecule has 72 valence electrons. The minimum Gasteiger partial charge on any atom is -0.478 e.